The zero-order chi connectivity index (χ0) is 20.4. The maximum atomic E-state index is 13.8. The summed E-state index contributed by atoms with van der Waals surface area (Å²) in [5, 5.41) is 6.64. The number of benzene rings is 2. The molecule has 2 heterocycles. The van der Waals surface area contributed by atoms with Crippen molar-refractivity contribution in [3.05, 3.63) is 77.9 Å². The second kappa shape index (κ2) is 7.67. The molecule has 4 rings (SSSR count). The van der Waals surface area contributed by atoms with Gasteiger partial charge in [0, 0.05) is 19.3 Å². The van der Waals surface area contributed by atoms with E-state index in [-0.39, 0.29) is 23.7 Å². The number of sulfonamides is 1. The highest BCUT2D eigenvalue weighted by atomic mass is 32.2. The molecule has 3 aromatic rings. The zero-order valence-electron chi connectivity index (χ0n) is 15.5. The molecule has 0 spiro atoms. The van der Waals surface area contributed by atoms with Crippen molar-refractivity contribution < 1.29 is 17.6 Å². The van der Waals surface area contributed by atoms with Crippen LogP contribution in [0.15, 0.2) is 60.8 Å². The van der Waals surface area contributed by atoms with Gasteiger partial charge >= 0.3 is 0 Å². The smallest absolute Gasteiger partial charge is 0.271 e. The van der Waals surface area contributed by atoms with Crippen LogP contribution in [0, 0.1) is 5.82 Å². The molecule has 1 aliphatic rings. The van der Waals surface area contributed by atoms with Gasteiger partial charge in [-0.05, 0) is 36.2 Å². The summed E-state index contributed by atoms with van der Waals surface area (Å²) in [6.07, 6.45) is 2.15. The molecule has 0 aliphatic carbocycles. The SMILES string of the molecule is O=C(NCCS(=O)(=O)N1CCc2ccccc21)c1ccn(-c2ccccc2F)n1. The van der Waals surface area contributed by atoms with Crippen molar-refractivity contribution in [2.45, 2.75) is 6.42 Å². The summed E-state index contributed by atoms with van der Waals surface area (Å²) >= 11 is 0. The number of aromatic nitrogens is 2. The summed E-state index contributed by atoms with van der Waals surface area (Å²) < 4.78 is 41.8. The van der Waals surface area contributed by atoms with Crippen molar-refractivity contribution in [2.24, 2.45) is 0 Å². The summed E-state index contributed by atoms with van der Waals surface area (Å²) in [6, 6.07) is 14.9. The van der Waals surface area contributed by atoms with Gasteiger partial charge in [0.25, 0.3) is 5.91 Å². The second-order valence-electron chi connectivity index (χ2n) is 6.62. The van der Waals surface area contributed by atoms with E-state index in [0.29, 0.717) is 18.7 Å². The number of rotatable bonds is 6. The van der Waals surface area contributed by atoms with Crippen molar-refractivity contribution in [3.8, 4) is 5.69 Å². The molecule has 0 radical (unpaired) electrons. The minimum absolute atomic E-state index is 0.0492. The Balaban J connectivity index is 1.38. The third-order valence-electron chi connectivity index (χ3n) is 4.75. The fourth-order valence-electron chi connectivity index (χ4n) is 3.31. The number of carbonyl (C=O) groups excluding carboxylic acids is 1. The molecule has 1 aromatic heterocycles. The number of hydrogen-bond acceptors (Lipinski definition) is 4. The fraction of sp³-hybridized carbons (Fsp3) is 0.200. The standard InChI is InChI=1S/C20H19FN4O3S/c21-16-6-2-4-8-19(16)24-12-10-17(23-24)20(26)22-11-14-29(27,28)25-13-9-15-5-1-3-7-18(15)25/h1-8,10,12H,9,11,13-14H2,(H,22,26). The first-order chi connectivity index (χ1) is 14.0. The summed E-state index contributed by atoms with van der Waals surface area (Å²) in [7, 11) is -3.55. The molecular formula is C20H19FN4O3S. The van der Waals surface area contributed by atoms with Crippen LogP contribution in [0.1, 0.15) is 16.1 Å². The van der Waals surface area contributed by atoms with Gasteiger partial charge in [0.15, 0.2) is 5.69 Å². The molecule has 0 saturated heterocycles. The largest absolute Gasteiger partial charge is 0.350 e. The van der Waals surface area contributed by atoms with Gasteiger partial charge in [-0.1, -0.05) is 30.3 Å². The quantitative estimate of drug-likeness (QED) is 0.670. The van der Waals surface area contributed by atoms with Crippen LogP contribution in [0.2, 0.25) is 0 Å². The summed E-state index contributed by atoms with van der Waals surface area (Å²) in [5.41, 5.74) is 2.00. The Morgan fingerprint density at radius 1 is 1.07 bits per heavy atom. The Kier molecular flexibility index (Phi) is 5.06. The van der Waals surface area contributed by atoms with Gasteiger partial charge in [-0.15, -0.1) is 0 Å². The highest BCUT2D eigenvalue weighted by Crippen LogP contribution is 2.29. The third kappa shape index (κ3) is 3.86. The Morgan fingerprint density at radius 3 is 2.59 bits per heavy atom. The molecule has 0 bridgehead atoms. The minimum Gasteiger partial charge on any atom is -0.350 e. The molecule has 2 aromatic carbocycles. The molecule has 1 N–H and O–H groups in total. The topological polar surface area (TPSA) is 84.3 Å². The van der Waals surface area contributed by atoms with Crippen LogP contribution in [0.4, 0.5) is 10.1 Å². The number of hydrogen-bond donors (Lipinski definition) is 1. The first kappa shape index (κ1) is 19.1. The molecular weight excluding hydrogens is 395 g/mol. The van der Waals surface area contributed by atoms with Gasteiger partial charge < -0.3 is 5.32 Å². The van der Waals surface area contributed by atoms with E-state index in [1.165, 1.54) is 27.3 Å². The first-order valence-corrected chi connectivity index (χ1v) is 10.7. The lowest BCUT2D eigenvalue weighted by Crippen LogP contribution is -2.37. The van der Waals surface area contributed by atoms with Crippen LogP contribution >= 0.6 is 0 Å². The summed E-state index contributed by atoms with van der Waals surface area (Å²) in [6.45, 7) is 0.356. The maximum absolute atomic E-state index is 13.8. The van der Waals surface area contributed by atoms with Crippen molar-refractivity contribution in [3.63, 3.8) is 0 Å². The lowest BCUT2D eigenvalue weighted by Gasteiger charge is -2.19. The third-order valence-corrected chi connectivity index (χ3v) is 6.52. The molecule has 0 atom stereocenters. The Bertz CT molecular complexity index is 1160. The minimum atomic E-state index is -3.55. The van der Waals surface area contributed by atoms with E-state index in [1.54, 1.807) is 30.3 Å². The van der Waals surface area contributed by atoms with Crippen LogP contribution in [0.3, 0.4) is 0 Å². The zero-order valence-corrected chi connectivity index (χ0v) is 16.3. The predicted molar refractivity (Wildman–Crippen MR) is 107 cm³/mol. The highest BCUT2D eigenvalue weighted by Gasteiger charge is 2.28. The summed E-state index contributed by atoms with van der Waals surface area (Å²) in [4.78, 5) is 12.3. The average Bonchev–Trinajstić information content (AvgIpc) is 3.36. The molecule has 0 fully saturated rings. The number of anilines is 1. The number of amides is 1. The van der Waals surface area contributed by atoms with Gasteiger partial charge in [-0.2, -0.15) is 5.10 Å². The number of para-hydroxylation sites is 2. The van der Waals surface area contributed by atoms with E-state index in [1.807, 2.05) is 12.1 Å². The number of nitrogens with zero attached hydrogens (tertiary/aromatic N) is 3. The van der Waals surface area contributed by atoms with Crippen LogP contribution in [-0.2, 0) is 16.4 Å². The molecule has 150 valence electrons. The first-order valence-electron chi connectivity index (χ1n) is 9.13. The molecule has 1 amide bonds. The van der Waals surface area contributed by atoms with Crippen molar-refractivity contribution >= 4 is 21.6 Å². The molecule has 9 heteroatoms. The Morgan fingerprint density at radius 2 is 1.79 bits per heavy atom. The van der Waals surface area contributed by atoms with Gasteiger partial charge in [0.1, 0.15) is 11.5 Å². The number of nitrogens with one attached hydrogen (secondary N) is 1. The van der Waals surface area contributed by atoms with Crippen LogP contribution in [0.25, 0.3) is 5.69 Å². The van der Waals surface area contributed by atoms with Crippen LogP contribution < -0.4 is 9.62 Å². The van der Waals surface area contributed by atoms with Gasteiger partial charge in [-0.25, -0.2) is 17.5 Å². The van der Waals surface area contributed by atoms with E-state index >= 15 is 0 Å². The van der Waals surface area contributed by atoms with Crippen LogP contribution in [-0.4, -0.2) is 42.9 Å². The molecule has 29 heavy (non-hydrogen) atoms. The average molecular weight is 414 g/mol. The Hall–Kier alpha value is -3.20. The lowest BCUT2D eigenvalue weighted by atomic mass is 10.2. The molecule has 7 nitrogen and oxygen atoms in total. The van der Waals surface area contributed by atoms with E-state index in [4.69, 9.17) is 0 Å². The van der Waals surface area contributed by atoms with Gasteiger partial charge in [-0.3, -0.25) is 9.10 Å². The maximum Gasteiger partial charge on any atom is 0.271 e. The molecule has 0 unspecified atom stereocenters. The van der Waals surface area contributed by atoms with E-state index in [0.717, 1.165) is 5.56 Å². The van der Waals surface area contributed by atoms with Gasteiger partial charge in [0.2, 0.25) is 10.0 Å². The van der Waals surface area contributed by atoms with E-state index in [2.05, 4.69) is 10.4 Å². The monoisotopic (exact) mass is 414 g/mol. The number of halogens is 1. The van der Waals surface area contributed by atoms with Crippen molar-refractivity contribution in [1.82, 2.24) is 15.1 Å². The van der Waals surface area contributed by atoms with E-state index in [9.17, 15) is 17.6 Å². The van der Waals surface area contributed by atoms with Crippen molar-refractivity contribution in [2.75, 3.05) is 23.1 Å². The molecule has 0 saturated carbocycles. The fourth-order valence-corrected chi connectivity index (χ4v) is 4.74. The molecule has 1 aliphatic heterocycles. The van der Waals surface area contributed by atoms with Crippen LogP contribution in [0.5, 0.6) is 0 Å². The lowest BCUT2D eigenvalue weighted by molar-refractivity contribution is 0.0950. The Labute approximate surface area is 167 Å². The van der Waals surface area contributed by atoms with Gasteiger partial charge in [0.05, 0.1) is 11.4 Å². The highest BCUT2D eigenvalue weighted by molar-refractivity contribution is 7.92. The number of carbonyl (C=O) groups is 1. The number of fused-ring (bicyclic) bond motifs is 1. The van der Waals surface area contributed by atoms with E-state index < -0.39 is 21.7 Å². The normalized spacial score (nSPS) is 13.3. The summed E-state index contributed by atoms with van der Waals surface area (Å²) in [5.74, 6) is -1.20. The van der Waals surface area contributed by atoms with Crippen molar-refractivity contribution in [1.29, 1.82) is 0 Å². The predicted octanol–water partition coefficient (Wildman–Crippen LogP) is 2.13. The second-order valence-corrected chi connectivity index (χ2v) is 8.63.